The van der Waals surface area contributed by atoms with Crippen molar-refractivity contribution in [3.05, 3.63) is 0 Å². The van der Waals surface area contributed by atoms with Crippen LogP contribution in [0.5, 0.6) is 0 Å². The summed E-state index contributed by atoms with van der Waals surface area (Å²) in [6.45, 7) is 3.50. The molecular weight excluding hydrogens is 222 g/mol. The van der Waals surface area contributed by atoms with Gasteiger partial charge in [-0.3, -0.25) is 19.3 Å². The van der Waals surface area contributed by atoms with Gasteiger partial charge in [-0.2, -0.15) is 5.26 Å². The first-order valence-electron chi connectivity index (χ1n) is 5.38. The molecule has 1 heterocycles. The van der Waals surface area contributed by atoms with Crippen molar-refractivity contribution >= 4 is 17.7 Å². The zero-order chi connectivity index (χ0) is 13.2. The summed E-state index contributed by atoms with van der Waals surface area (Å²) in [4.78, 5) is 35.5. The average molecular weight is 237 g/mol. The zero-order valence-electron chi connectivity index (χ0n) is 10.1. The molecule has 6 nitrogen and oxygen atoms in total. The number of carbonyl (C=O) groups excluding carboxylic acids is 3. The van der Waals surface area contributed by atoms with Crippen LogP contribution in [0.25, 0.3) is 0 Å². The van der Waals surface area contributed by atoms with Gasteiger partial charge in [0.25, 0.3) is 5.91 Å². The van der Waals surface area contributed by atoms with Crippen molar-refractivity contribution in [2.24, 2.45) is 11.8 Å². The van der Waals surface area contributed by atoms with Crippen LogP contribution in [0.1, 0.15) is 20.3 Å². The molecule has 1 N–H and O–H groups in total. The third-order valence-corrected chi connectivity index (χ3v) is 2.79. The number of hydrogen-bond donors (Lipinski definition) is 1. The Bertz CT molecular complexity index is 397. The highest BCUT2D eigenvalue weighted by Crippen LogP contribution is 2.14. The van der Waals surface area contributed by atoms with Crippen molar-refractivity contribution in [1.82, 2.24) is 10.2 Å². The van der Waals surface area contributed by atoms with Gasteiger partial charge in [-0.05, 0) is 5.92 Å². The quantitative estimate of drug-likeness (QED) is 0.679. The van der Waals surface area contributed by atoms with Gasteiger partial charge in [0.2, 0.25) is 11.8 Å². The Kier molecular flexibility index (Phi) is 3.84. The summed E-state index contributed by atoms with van der Waals surface area (Å²) in [6.07, 6.45) is -0.0304. The van der Waals surface area contributed by atoms with E-state index in [2.05, 4.69) is 5.32 Å². The number of nitriles is 1. The van der Waals surface area contributed by atoms with Crippen LogP contribution in [0.3, 0.4) is 0 Å². The molecule has 0 aromatic rings. The lowest BCUT2D eigenvalue weighted by Crippen LogP contribution is -2.44. The summed E-state index contributed by atoms with van der Waals surface area (Å²) < 4.78 is 0. The molecule has 6 heteroatoms. The molecule has 0 aromatic heterocycles. The maximum Gasteiger partial charge on any atom is 0.252 e. The lowest BCUT2D eigenvalue weighted by atomic mass is 9.96. The van der Waals surface area contributed by atoms with Crippen LogP contribution in [-0.2, 0) is 14.4 Å². The smallest absolute Gasteiger partial charge is 0.252 e. The first-order valence-corrected chi connectivity index (χ1v) is 5.38. The largest absolute Gasteiger partial charge is 0.343 e. The minimum Gasteiger partial charge on any atom is -0.343 e. The number of imide groups is 1. The van der Waals surface area contributed by atoms with Gasteiger partial charge in [-0.15, -0.1) is 0 Å². The van der Waals surface area contributed by atoms with Crippen LogP contribution < -0.4 is 5.32 Å². The van der Waals surface area contributed by atoms with Crippen molar-refractivity contribution < 1.29 is 14.4 Å². The van der Waals surface area contributed by atoms with Gasteiger partial charge in [0.1, 0.15) is 12.0 Å². The number of nitrogens with zero attached hydrogens (tertiary/aromatic N) is 2. The molecule has 2 unspecified atom stereocenters. The van der Waals surface area contributed by atoms with E-state index in [0.717, 1.165) is 4.90 Å². The van der Waals surface area contributed by atoms with E-state index in [0.29, 0.717) is 0 Å². The Morgan fingerprint density at radius 1 is 1.53 bits per heavy atom. The lowest BCUT2D eigenvalue weighted by Gasteiger charge is -2.16. The molecule has 0 radical (unpaired) electrons. The summed E-state index contributed by atoms with van der Waals surface area (Å²) in [5, 5.41) is 11.3. The van der Waals surface area contributed by atoms with Gasteiger partial charge in [0.15, 0.2) is 0 Å². The highest BCUT2D eigenvalue weighted by molar-refractivity contribution is 6.06. The van der Waals surface area contributed by atoms with Crippen molar-refractivity contribution in [2.45, 2.75) is 26.3 Å². The van der Waals surface area contributed by atoms with Crippen LogP contribution in [0, 0.1) is 23.2 Å². The van der Waals surface area contributed by atoms with Crippen molar-refractivity contribution in [3.8, 4) is 6.07 Å². The predicted octanol–water partition coefficient (Wildman–Crippen LogP) is -0.344. The minimum absolute atomic E-state index is 0.0304. The summed E-state index contributed by atoms with van der Waals surface area (Å²) >= 11 is 0. The fraction of sp³-hybridized carbons (Fsp3) is 0.636. The van der Waals surface area contributed by atoms with Gasteiger partial charge in [-0.25, -0.2) is 0 Å². The summed E-state index contributed by atoms with van der Waals surface area (Å²) in [5.74, 6) is -2.18. The molecular formula is C11H15N3O3. The van der Waals surface area contributed by atoms with E-state index in [4.69, 9.17) is 5.26 Å². The number of amides is 3. The summed E-state index contributed by atoms with van der Waals surface area (Å²) in [7, 11) is 1.38. The van der Waals surface area contributed by atoms with Crippen molar-refractivity contribution in [1.29, 1.82) is 5.26 Å². The number of likely N-dealkylation sites (N-methyl/N-ethyl adjacent to an activating group) is 1. The molecule has 92 valence electrons. The number of hydrogen-bond acceptors (Lipinski definition) is 4. The Morgan fingerprint density at radius 3 is 2.47 bits per heavy atom. The van der Waals surface area contributed by atoms with Crippen molar-refractivity contribution in [3.63, 3.8) is 0 Å². The second kappa shape index (κ2) is 4.95. The van der Waals surface area contributed by atoms with E-state index in [9.17, 15) is 14.4 Å². The second-order valence-corrected chi connectivity index (χ2v) is 4.41. The molecule has 0 saturated carbocycles. The first-order chi connectivity index (χ1) is 7.88. The Morgan fingerprint density at radius 2 is 2.12 bits per heavy atom. The second-order valence-electron chi connectivity index (χ2n) is 4.41. The SMILES string of the molecule is CC(C)C(C#N)C(=O)NC1CC(=O)N(C)C1=O. The molecule has 1 rings (SSSR count). The Hall–Kier alpha value is -1.90. The molecule has 0 spiro atoms. The molecule has 1 aliphatic heterocycles. The summed E-state index contributed by atoms with van der Waals surface area (Å²) in [6, 6.07) is 1.07. The Labute approximate surface area is 99.6 Å². The van der Waals surface area contributed by atoms with Gasteiger partial charge in [0.05, 0.1) is 12.5 Å². The molecule has 3 amide bonds. The average Bonchev–Trinajstić information content (AvgIpc) is 2.47. The van der Waals surface area contributed by atoms with Gasteiger partial charge in [-0.1, -0.05) is 13.8 Å². The maximum absolute atomic E-state index is 11.7. The molecule has 17 heavy (non-hydrogen) atoms. The van der Waals surface area contributed by atoms with E-state index < -0.39 is 23.8 Å². The number of rotatable bonds is 3. The van der Waals surface area contributed by atoms with Gasteiger partial charge < -0.3 is 5.32 Å². The molecule has 0 aromatic carbocycles. The van der Waals surface area contributed by atoms with E-state index in [-0.39, 0.29) is 18.2 Å². The number of likely N-dealkylation sites (tertiary alicyclic amines) is 1. The normalized spacial score (nSPS) is 21.6. The van der Waals surface area contributed by atoms with Crippen LogP contribution >= 0.6 is 0 Å². The third-order valence-electron chi connectivity index (χ3n) is 2.79. The highest BCUT2D eigenvalue weighted by Gasteiger charge is 2.38. The third kappa shape index (κ3) is 2.61. The van der Waals surface area contributed by atoms with E-state index in [1.807, 2.05) is 6.07 Å². The first kappa shape index (κ1) is 13.2. The fourth-order valence-corrected chi connectivity index (χ4v) is 1.64. The number of nitrogens with one attached hydrogen (secondary N) is 1. The maximum atomic E-state index is 11.7. The Balaban J connectivity index is 2.68. The highest BCUT2D eigenvalue weighted by atomic mass is 16.2. The standard InChI is InChI=1S/C11H15N3O3/c1-6(2)7(5-12)10(16)13-8-4-9(15)14(3)11(8)17/h6-8H,4H2,1-3H3,(H,13,16). The summed E-state index contributed by atoms with van der Waals surface area (Å²) in [5.41, 5.74) is 0. The zero-order valence-corrected chi connectivity index (χ0v) is 10.1. The van der Waals surface area contributed by atoms with Crippen LogP contribution in [0.2, 0.25) is 0 Å². The van der Waals surface area contributed by atoms with Gasteiger partial charge in [0, 0.05) is 7.05 Å². The predicted molar refractivity (Wildman–Crippen MR) is 58.3 cm³/mol. The topological polar surface area (TPSA) is 90.3 Å². The van der Waals surface area contributed by atoms with Gasteiger partial charge >= 0.3 is 0 Å². The molecule has 1 fully saturated rings. The molecule has 1 aliphatic rings. The molecule has 2 atom stereocenters. The monoisotopic (exact) mass is 237 g/mol. The molecule has 0 bridgehead atoms. The molecule has 0 aliphatic carbocycles. The van der Waals surface area contributed by atoms with Crippen LogP contribution in [0.4, 0.5) is 0 Å². The minimum atomic E-state index is -0.824. The lowest BCUT2D eigenvalue weighted by molar-refractivity contribution is -0.138. The van der Waals surface area contributed by atoms with Crippen molar-refractivity contribution in [2.75, 3.05) is 7.05 Å². The van der Waals surface area contributed by atoms with Crippen LogP contribution in [0.15, 0.2) is 0 Å². The molecule has 1 saturated heterocycles. The number of carbonyl (C=O) groups is 3. The van der Waals surface area contributed by atoms with E-state index in [1.165, 1.54) is 7.05 Å². The fourth-order valence-electron chi connectivity index (χ4n) is 1.64. The van der Waals surface area contributed by atoms with E-state index in [1.54, 1.807) is 13.8 Å². The van der Waals surface area contributed by atoms with E-state index >= 15 is 0 Å². The van der Waals surface area contributed by atoms with Crippen LogP contribution in [-0.4, -0.2) is 35.7 Å².